The molecule has 0 bridgehead atoms. The number of aliphatic carboxylic acids is 1. The van der Waals surface area contributed by atoms with Crippen LogP contribution in [0, 0.1) is 5.92 Å². The van der Waals surface area contributed by atoms with E-state index >= 15 is 0 Å². The van der Waals surface area contributed by atoms with Crippen molar-refractivity contribution in [1.82, 2.24) is 5.32 Å². The molecule has 2 atom stereocenters. The number of rotatable bonds is 5. The van der Waals surface area contributed by atoms with Crippen molar-refractivity contribution >= 4 is 23.5 Å². The highest BCUT2D eigenvalue weighted by molar-refractivity contribution is 6.02. The molecule has 26 heavy (non-hydrogen) atoms. The first kappa shape index (κ1) is 18.4. The van der Waals surface area contributed by atoms with Crippen LogP contribution in [0.3, 0.4) is 0 Å². The fourth-order valence-corrected chi connectivity index (χ4v) is 4.13. The van der Waals surface area contributed by atoms with Crippen LogP contribution in [0.2, 0.25) is 0 Å². The highest BCUT2D eigenvalue weighted by Gasteiger charge is 2.35. The van der Waals surface area contributed by atoms with E-state index < -0.39 is 17.9 Å². The van der Waals surface area contributed by atoms with E-state index in [-0.39, 0.29) is 18.2 Å². The molecule has 2 aliphatic rings. The number of nitrogens with zero attached hydrogens (tertiary/aromatic N) is 1. The van der Waals surface area contributed by atoms with Gasteiger partial charge in [0, 0.05) is 19.2 Å². The Labute approximate surface area is 153 Å². The van der Waals surface area contributed by atoms with E-state index in [1.807, 2.05) is 24.3 Å². The van der Waals surface area contributed by atoms with E-state index in [9.17, 15) is 19.5 Å². The van der Waals surface area contributed by atoms with Gasteiger partial charge >= 0.3 is 5.97 Å². The molecule has 1 saturated carbocycles. The van der Waals surface area contributed by atoms with Gasteiger partial charge in [-0.15, -0.1) is 0 Å². The molecule has 6 heteroatoms. The SMILES string of the molecule is CN1C(=O)CC(C(=O)N[C@@H](CC2CCCCC2)C(=O)O)c2ccccc21. The molecule has 2 N–H and O–H groups in total. The minimum atomic E-state index is -1.00. The normalized spacial score (nSPS) is 21.8. The highest BCUT2D eigenvalue weighted by Crippen LogP contribution is 2.35. The monoisotopic (exact) mass is 358 g/mol. The molecular formula is C20H26N2O4. The Hall–Kier alpha value is -2.37. The summed E-state index contributed by atoms with van der Waals surface area (Å²) >= 11 is 0. The van der Waals surface area contributed by atoms with Crippen LogP contribution in [0.15, 0.2) is 24.3 Å². The number of amides is 2. The topological polar surface area (TPSA) is 86.7 Å². The molecular weight excluding hydrogens is 332 g/mol. The van der Waals surface area contributed by atoms with Crippen LogP contribution in [-0.4, -0.2) is 36.0 Å². The standard InChI is InChI=1S/C20H26N2O4/c1-22-17-10-6-5-9-14(17)15(12-18(22)23)19(24)21-16(20(25)26)11-13-7-3-2-4-8-13/h5-6,9-10,13,15-16H,2-4,7-8,11-12H2,1H3,(H,21,24)(H,25,26)/t15?,16-/m0/s1. The number of hydrogen-bond acceptors (Lipinski definition) is 3. The lowest BCUT2D eigenvalue weighted by Crippen LogP contribution is -2.46. The summed E-state index contributed by atoms with van der Waals surface area (Å²) in [6.45, 7) is 0. The smallest absolute Gasteiger partial charge is 0.326 e. The average Bonchev–Trinajstić information content (AvgIpc) is 2.65. The van der Waals surface area contributed by atoms with Crippen LogP contribution in [0.5, 0.6) is 0 Å². The molecule has 1 fully saturated rings. The van der Waals surface area contributed by atoms with Crippen LogP contribution in [0.4, 0.5) is 5.69 Å². The van der Waals surface area contributed by atoms with Gasteiger partial charge < -0.3 is 15.3 Å². The maximum Gasteiger partial charge on any atom is 0.326 e. The summed E-state index contributed by atoms with van der Waals surface area (Å²) in [6, 6.07) is 6.40. The Balaban J connectivity index is 1.74. The summed E-state index contributed by atoms with van der Waals surface area (Å²) in [5.41, 5.74) is 1.48. The van der Waals surface area contributed by atoms with Gasteiger partial charge in [-0.2, -0.15) is 0 Å². The van der Waals surface area contributed by atoms with Crippen molar-refractivity contribution < 1.29 is 19.5 Å². The van der Waals surface area contributed by atoms with E-state index in [1.165, 1.54) is 6.42 Å². The molecule has 1 heterocycles. The number of benzene rings is 1. The second-order valence-electron chi connectivity index (χ2n) is 7.41. The molecule has 0 aromatic heterocycles. The Morgan fingerprint density at radius 1 is 1.23 bits per heavy atom. The van der Waals surface area contributed by atoms with Crippen LogP contribution in [-0.2, 0) is 14.4 Å². The van der Waals surface area contributed by atoms with E-state index in [0.717, 1.165) is 31.2 Å². The van der Waals surface area contributed by atoms with Crippen LogP contribution in [0.1, 0.15) is 56.4 Å². The first-order valence-corrected chi connectivity index (χ1v) is 9.36. The molecule has 0 radical (unpaired) electrons. The molecule has 0 spiro atoms. The Morgan fingerprint density at radius 2 is 1.92 bits per heavy atom. The molecule has 6 nitrogen and oxygen atoms in total. The van der Waals surface area contributed by atoms with Gasteiger partial charge in [0.15, 0.2) is 0 Å². The van der Waals surface area contributed by atoms with Crippen molar-refractivity contribution in [2.45, 2.75) is 56.9 Å². The summed E-state index contributed by atoms with van der Waals surface area (Å²) < 4.78 is 0. The van der Waals surface area contributed by atoms with E-state index in [0.29, 0.717) is 18.0 Å². The maximum absolute atomic E-state index is 12.8. The van der Waals surface area contributed by atoms with Crippen molar-refractivity contribution in [3.63, 3.8) is 0 Å². The van der Waals surface area contributed by atoms with Gasteiger partial charge in [-0.1, -0.05) is 50.3 Å². The first-order chi connectivity index (χ1) is 12.5. The third-order valence-corrected chi connectivity index (χ3v) is 5.65. The highest BCUT2D eigenvalue weighted by atomic mass is 16.4. The number of carboxylic acids is 1. The van der Waals surface area contributed by atoms with Crippen molar-refractivity contribution in [2.24, 2.45) is 5.92 Å². The third-order valence-electron chi connectivity index (χ3n) is 5.65. The number of fused-ring (bicyclic) bond motifs is 1. The molecule has 1 aromatic carbocycles. The van der Waals surface area contributed by atoms with E-state index in [1.54, 1.807) is 11.9 Å². The van der Waals surface area contributed by atoms with Gasteiger partial charge in [0.05, 0.1) is 5.92 Å². The summed E-state index contributed by atoms with van der Waals surface area (Å²) in [7, 11) is 1.69. The van der Waals surface area contributed by atoms with Crippen LogP contribution in [0.25, 0.3) is 0 Å². The van der Waals surface area contributed by atoms with E-state index in [2.05, 4.69) is 5.32 Å². The summed E-state index contributed by atoms with van der Waals surface area (Å²) in [6.07, 6.45) is 6.03. The Bertz CT molecular complexity index is 697. The summed E-state index contributed by atoms with van der Waals surface area (Å²) in [4.78, 5) is 38.3. The molecule has 3 rings (SSSR count). The van der Waals surface area contributed by atoms with Crippen LogP contribution < -0.4 is 10.2 Å². The molecule has 1 unspecified atom stereocenters. The predicted molar refractivity (Wildman–Crippen MR) is 98.0 cm³/mol. The molecule has 1 aliphatic carbocycles. The van der Waals surface area contributed by atoms with Gasteiger partial charge in [-0.25, -0.2) is 4.79 Å². The zero-order chi connectivity index (χ0) is 18.7. The number of carboxylic acid groups (broad SMARTS) is 1. The van der Waals surface area contributed by atoms with Gasteiger partial charge in [0.2, 0.25) is 11.8 Å². The second kappa shape index (κ2) is 7.89. The number of carbonyl (C=O) groups excluding carboxylic acids is 2. The molecule has 2 amide bonds. The average molecular weight is 358 g/mol. The fourth-order valence-electron chi connectivity index (χ4n) is 4.13. The molecule has 1 aromatic rings. The molecule has 140 valence electrons. The first-order valence-electron chi connectivity index (χ1n) is 9.36. The predicted octanol–water partition coefficient (Wildman–Crippen LogP) is 2.68. The minimum Gasteiger partial charge on any atom is -0.480 e. The van der Waals surface area contributed by atoms with Crippen molar-refractivity contribution in [3.05, 3.63) is 29.8 Å². The second-order valence-corrected chi connectivity index (χ2v) is 7.41. The van der Waals surface area contributed by atoms with Gasteiger partial charge in [-0.05, 0) is 24.0 Å². The molecule has 0 saturated heterocycles. The maximum atomic E-state index is 12.8. The third kappa shape index (κ3) is 3.89. The Kier molecular flexibility index (Phi) is 5.59. The van der Waals surface area contributed by atoms with Crippen molar-refractivity contribution in [3.8, 4) is 0 Å². The minimum absolute atomic E-state index is 0.0646. The van der Waals surface area contributed by atoms with E-state index in [4.69, 9.17) is 0 Å². The van der Waals surface area contributed by atoms with Gasteiger partial charge in [-0.3, -0.25) is 9.59 Å². The number of para-hydroxylation sites is 1. The quantitative estimate of drug-likeness (QED) is 0.847. The largest absolute Gasteiger partial charge is 0.480 e. The zero-order valence-corrected chi connectivity index (χ0v) is 15.1. The lowest BCUT2D eigenvalue weighted by Gasteiger charge is -2.32. The zero-order valence-electron chi connectivity index (χ0n) is 15.1. The summed E-state index contributed by atoms with van der Waals surface area (Å²) in [5.74, 6) is -1.80. The van der Waals surface area contributed by atoms with Crippen molar-refractivity contribution in [2.75, 3.05) is 11.9 Å². The lowest BCUT2D eigenvalue weighted by atomic mass is 9.84. The summed E-state index contributed by atoms with van der Waals surface area (Å²) in [5, 5.41) is 12.3. The number of hydrogen-bond donors (Lipinski definition) is 2. The Morgan fingerprint density at radius 3 is 2.62 bits per heavy atom. The molecule has 1 aliphatic heterocycles. The van der Waals surface area contributed by atoms with Gasteiger partial charge in [0.25, 0.3) is 0 Å². The number of carbonyl (C=O) groups is 3. The fraction of sp³-hybridized carbons (Fsp3) is 0.550. The number of nitrogens with one attached hydrogen (secondary N) is 1. The number of anilines is 1. The van der Waals surface area contributed by atoms with Crippen LogP contribution >= 0.6 is 0 Å². The van der Waals surface area contributed by atoms with Crippen molar-refractivity contribution in [1.29, 1.82) is 0 Å². The van der Waals surface area contributed by atoms with Gasteiger partial charge in [0.1, 0.15) is 6.04 Å². The lowest BCUT2D eigenvalue weighted by molar-refractivity contribution is -0.142.